The molecule has 10 nitrogen and oxygen atoms in total. The number of carbonyl (C=O) groups excluding carboxylic acids is 2. The lowest BCUT2D eigenvalue weighted by Crippen LogP contribution is -2.60. The van der Waals surface area contributed by atoms with Crippen molar-refractivity contribution in [1.29, 1.82) is 0 Å². The lowest BCUT2D eigenvalue weighted by atomic mass is 9.97. The molecule has 3 amide bonds. The number of nitrogens with zero attached hydrogens (tertiary/aromatic N) is 4. The van der Waals surface area contributed by atoms with Gasteiger partial charge in [-0.2, -0.15) is 0 Å². The summed E-state index contributed by atoms with van der Waals surface area (Å²) in [6.45, 7) is 11.3. The molecule has 3 fully saturated rings. The lowest BCUT2D eigenvalue weighted by Gasteiger charge is -2.47. The van der Waals surface area contributed by atoms with Crippen LogP contribution < -0.4 is 16.0 Å². The summed E-state index contributed by atoms with van der Waals surface area (Å²) in [6, 6.07) is 3.32. The summed E-state index contributed by atoms with van der Waals surface area (Å²) in [5.41, 5.74) is -0.469. The summed E-state index contributed by atoms with van der Waals surface area (Å²) >= 11 is 0. The quantitative estimate of drug-likeness (QED) is 0.433. The molecule has 0 aliphatic carbocycles. The fourth-order valence-electron chi connectivity index (χ4n) is 6.75. The number of nitrogens with one attached hydrogen (secondary N) is 3. The molecule has 4 aliphatic heterocycles. The molecule has 1 unspecified atom stereocenters. The maximum atomic E-state index is 14.9. The first-order valence-electron chi connectivity index (χ1n) is 15.5. The van der Waals surface area contributed by atoms with Gasteiger partial charge >= 0.3 is 6.03 Å². The van der Waals surface area contributed by atoms with Crippen LogP contribution in [0.2, 0.25) is 0 Å². The fourth-order valence-corrected chi connectivity index (χ4v) is 6.75. The Kier molecular flexibility index (Phi) is 9.08. The van der Waals surface area contributed by atoms with Crippen LogP contribution in [0, 0.1) is 0 Å². The van der Waals surface area contributed by atoms with Crippen LogP contribution >= 0.6 is 0 Å². The number of aromatic nitrogens is 1. The van der Waals surface area contributed by atoms with Crippen LogP contribution in [-0.2, 0) is 15.3 Å². The molecule has 11 heteroatoms. The molecule has 0 saturated carbocycles. The van der Waals surface area contributed by atoms with Crippen molar-refractivity contribution in [2.75, 3.05) is 45.9 Å². The van der Waals surface area contributed by atoms with Gasteiger partial charge in [0, 0.05) is 69.4 Å². The Balaban J connectivity index is 1.42. The third-order valence-corrected chi connectivity index (χ3v) is 8.95. The minimum absolute atomic E-state index is 0.0162. The van der Waals surface area contributed by atoms with Gasteiger partial charge in [0.05, 0.1) is 11.7 Å². The molecule has 4 atom stereocenters. The van der Waals surface area contributed by atoms with Gasteiger partial charge in [0.2, 0.25) is 0 Å². The number of ether oxygens (including phenoxy) is 1. The Morgan fingerprint density at radius 2 is 2.07 bits per heavy atom. The van der Waals surface area contributed by atoms with Gasteiger partial charge in [0.15, 0.2) is 5.72 Å². The van der Waals surface area contributed by atoms with Gasteiger partial charge in [-0.1, -0.05) is 13.0 Å². The van der Waals surface area contributed by atoms with Crippen LogP contribution in [0.25, 0.3) is 0 Å². The monoisotopic (exact) mass is 583 g/mol. The van der Waals surface area contributed by atoms with Gasteiger partial charge in [-0.15, -0.1) is 0 Å². The number of carbonyl (C=O) groups is 2. The predicted octanol–water partition coefficient (Wildman–Crippen LogP) is 2.85. The van der Waals surface area contributed by atoms with Gasteiger partial charge in [-0.3, -0.25) is 9.78 Å². The maximum absolute atomic E-state index is 14.9. The second kappa shape index (κ2) is 12.6. The van der Waals surface area contributed by atoms with Gasteiger partial charge in [-0.05, 0) is 71.2 Å². The summed E-state index contributed by atoms with van der Waals surface area (Å²) in [5, 5.41) is 9.99. The largest absolute Gasteiger partial charge is 0.363 e. The molecule has 0 spiro atoms. The van der Waals surface area contributed by atoms with Gasteiger partial charge in [-0.25, -0.2) is 9.18 Å². The van der Waals surface area contributed by atoms with Crippen molar-refractivity contribution in [3.8, 4) is 0 Å². The van der Waals surface area contributed by atoms with Crippen molar-refractivity contribution < 1.29 is 18.7 Å². The highest BCUT2D eigenvalue weighted by Crippen LogP contribution is 2.34. The normalized spacial score (nSPS) is 28.3. The van der Waals surface area contributed by atoms with Crippen LogP contribution in [0.5, 0.6) is 0 Å². The molecule has 42 heavy (non-hydrogen) atoms. The molecule has 230 valence electrons. The number of allylic oxidation sites excluding steroid dienone is 1. The van der Waals surface area contributed by atoms with Crippen LogP contribution in [0.1, 0.15) is 58.9 Å². The molecule has 0 aromatic carbocycles. The van der Waals surface area contributed by atoms with Crippen molar-refractivity contribution in [1.82, 2.24) is 35.6 Å². The Morgan fingerprint density at radius 1 is 1.24 bits per heavy atom. The van der Waals surface area contributed by atoms with Crippen LogP contribution in [0.4, 0.5) is 9.18 Å². The Hall–Kier alpha value is -3.18. The number of piperazine rings is 1. The molecular weight excluding hydrogens is 537 g/mol. The number of rotatable bonds is 8. The van der Waals surface area contributed by atoms with Crippen molar-refractivity contribution in [2.45, 2.75) is 82.9 Å². The SMILES string of the molecule is CCOC1(c2cccnc2)C=CC(N2CCN(C(=O)N3CCC[C@H]3C(C)(C)F)C[C@H]2CC)=C(C(=O)N[C@@H]2CCNC2)N1. The van der Waals surface area contributed by atoms with Crippen LogP contribution in [-0.4, -0.2) is 101 Å². The molecule has 1 aromatic rings. The Labute approximate surface area is 248 Å². The first-order chi connectivity index (χ1) is 20.2. The van der Waals surface area contributed by atoms with E-state index in [0.717, 1.165) is 43.6 Å². The van der Waals surface area contributed by atoms with E-state index in [0.29, 0.717) is 44.9 Å². The van der Waals surface area contributed by atoms with Crippen molar-refractivity contribution >= 4 is 11.9 Å². The highest BCUT2D eigenvalue weighted by atomic mass is 19.1. The zero-order chi connectivity index (χ0) is 29.9. The molecule has 5 heterocycles. The number of hydrogen-bond donors (Lipinski definition) is 3. The van der Waals surface area contributed by atoms with E-state index in [4.69, 9.17) is 4.74 Å². The number of alkyl halides is 1. The minimum Gasteiger partial charge on any atom is -0.363 e. The number of halogens is 1. The average molecular weight is 584 g/mol. The Morgan fingerprint density at radius 3 is 2.74 bits per heavy atom. The van der Waals surface area contributed by atoms with E-state index in [9.17, 15) is 14.0 Å². The van der Waals surface area contributed by atoms with Gasteiger partial charge < -0.3 is 35.4 Å². The predicted molar refractivity (Wildman–Crippen MR) is 159 cm³/mol. The standard InChI is InChI=1S/C31H46FN7O3/c1-5-24-21-37(29(41)39-16-8-10-26(39)30(3,4)32)17-18-38(24)25-11-13-31(42-6-2,22-9-7-14-33-19-22)36-27(25)28(40)35-23-12-15-34-20-23/h7,9,11,13-14,19,23-24,26,34,36H,5-6,8,10,12,15-18,20-21H2,1-4H3,(H,35,40)/t23-,24-,26+,31?/m1/s1. The first-order valence-corrected chi connectivity index (χ1v) is 15.5. The van der Waals surface area contributed by atoms with E-state index in [1.165, 1.54) is 0 Å². The number of likely N-dealkylation sites (tertiary alicyclic amines) is 1. The number of urea groups is 1. The molecule has 0 radical (unpaired) electrons. The lowest BCUT2D eigenvalue weighted by molar-refractivity contribution is -0.120. The first kappa shape index (κ1) is 30.3. The third-order valence-electron chi connectivity index (χ3n) is 8.95. The second-order valence-corrected chi connectivity index (χ2v) is 12.2. The highest BCUT2D eigenvalue weighted by Gasteiger charge is 2.44. The summed E-state index contributed by atoms with van der Waals surface area (Å²) in [5.74, 6) is -0.186. The average Bonchev–Trinajstić information content (AvgIpc) is 3.70. The number of dihydropyridines is 1. The van der Waals surface area contributed by atoms with Crippen molar-refractivity contribution in [3.63, 3.8) is 0 Å². The summed E-state index contributed by atoms with van der Waals surface area (Å²) in [4.78, 5) is 37.6. The smallest absolute Gasteiger partial charge is 0.320 e. The number of hydrogen-bond acceptors (Lipinski definition) is 7. The fraction of sp³-hybridized carbons (Fsp3) is 0.645. The molecule has 5 rings (SSSR count). The molecule has 3 saturated heterocycles. The van der Waals surface area contributed by atoms with E-state index < -0.39 is 17.4 Å². The van der Waals surface area contributed by atoms with E-state index in [2.05, 4.69) is 32.8 Å². The van der Waals surface area contributed by atoms with Gasteiger partial charge in [0.1, 0.15) is 11.4 Å². The maximum Gasteiger partial charge on any atom is 0.320 e. The van der Waals surface area contributed by atoms with Crippen molar-refractivity contribution in [2.24, 2.45) is 0 Å². The zero-order valence-corrected chi connectivity index (χ0v) is 25.4. The highest BCUT2D eigenvalue weighted by molar-refractivity contribution is 5.94. The topological polar surface area (TPSA) is 102 Å². The molecular formula is C31H46FN7O3. The molecule has 4 aliphatic rings. The second-order valence-electron chi connectivity index (χ2n) is 12.2. The minimum atomic E-state index is -1.44. The van der Waals surface area contributed by atoms with E-state index in [1.807, 2.05) is 36.1 Å². The van der Waals surface area contributed by atoms with Crippen LogP contribution in [0.15, 0.2) is 48.1 Å². The molecule has 3 N–H and O–H groups in total. The third kappa shape index (κ3) is 6.13. The molecule has 0 bridgehead atoms. The van der Waals surface area contributed by atoms with Crippen molar-refractivity contribution in [3.05, 3.63) is 53.6 Å². The van der Waals surface area contributed by atoms with Gasteiger partial charge in [0.25, 0.3) is 5.91 Å². The summed E-state index contributed by atoms with van der Waals surface area (Å²) in [6.07, 6.45) is 10.5. The summed E-state index contributed by atoms with van der Waals surface area (Å²) < 4.78 is 21.2. The van der Waals surface area contributed by atoms with E-state index in [-0.39, 0.29) is 24.0 Å². The Bertz CT molecular complexity index is 1180. The number of amides is 3. The molecule has 1 aromatic heterocycles. The van der Waals surface area contributed by atoms with E-state index >= 15 is 0 Å². The summed E-state index contributed by atoms with van der Waals surface area (Å²) in [7, 11) is 0. The number of pyridine rings is 1. The van der Waals surface area contributed by atoms with E-state index in [1.54, 1.807) is 31.1 Å². The van der Waals surface area contributed by atoms with Crippen LogP contribution in [0.3, 0.4) is 0 Å². The zero-order valence-electron chi connectivity index (χ0n) is 25.4.